The van der Waals surface area contributed by atoms with Crippen molar-refractivity contribution in [1.29, 1.82) is 0 Å². The van der Waals surface area contributed by atoms with Gasteiger partial charge in [-0.15, -0.1) is 0 Å². The van der Waals surface area contributed by atoms with Crippen molar-refractivity contribution in [3.8, 4) is 0 Å². The van der Waals surface area contributed by atoms with Crippen LogP contribution < -0.4 is 10.6 Å². The van der Waals surface area contributed by atoms with Gasteiger partial charge in [0.2, 0.25) is 0 Å². The first-order valence-electron chi connectivity index (χ1n) is 6.31. The lowest BCUT2D eigenvalue weighted by Gasteiger charge is -2.10. The van der Waals surface area contributed by atoms with E-state index < -0.39 is 0 Å². The topological polar surface area (TPSA) is 75.9 Å². The van der Waals surface area contributed by atoms with Crippen LogP contribution in [0.15, 0.2) is 16.7 Å². The molecule has 0 aliphatic carbocycles. The average molecular weight is 261 g/mol. The van der Waals surface area contributed by atoms with E-state index >= 15 is 0 Å². The summed E-state index contributed by atoms with van der Waals surface area (Å²) in [5.41, 5.74) is 0.873. The Bertz CT molecular complexity index is 550. The second kappa shape index (κ2) is 5.69. The van der Waals surface area contributed by atoms with Gasteiger partial charge in [0.05, 0.1) is 12.2 Å². The molecule has 0 fully saturated rings. The third-order valence-corrected chi connectivity index (χ3v) is 2.64. The third-order valence-electron chi connectivity index (χ3n) is 2.64. The minimum atomic E-state index is 0.279. The van der Waals surface area contributed by atoms with Crippen LogP contribution in [0.4, 0.5) is 11.6 Å². The van der Waals surface area contributed by atoms with Gasteiger partial charge < -0.3 is 15.2 Å². The zero-order valence-electron chi connectivity index (χ0n) is 11.7. The smallest absolute Gasteiger partial charge is 0.156 e. The van der Waals surface area contributed by atoms with Crippen molar-refractivity contribution in [2.24, 2.45) is 0 Å². The molecule has 0 saturated carbocycles. The maximum atomic E-state index is 5.15. The van der Waals surface area contributed by atoms with E-state index in [1.807, 2.05) is 26.1 Å². The molecule has 2 aromatic heterocycles. The quantitative estimate of drug-likeness (QED) is 0.861. The molecule has 6 nitrogen and oxygen atoms in total. The third kappa shape index (κ3) is 3.43. The summed E-state index contributed by atoms with van der Waals surface area (Å²) in [6.07, 6.45) is 0. The number of anilines is 2. The van der Waals surface area contributed by atoms with E-state index in [0.717, 1.165) is 28.9 Å². The molecule has 0 spiro atoms. The summed E-state index contributed by atoms with van der Waals surface area (Å²) in [5.74, 6) is 3.45. The molecular formula is C13H19N5O. The molecule has 2 N–H and O–H groups in total. The fourth-order valence-electron chi connectivity index (χ4n) is 1.62. The van der Waals surface area contributed by atoms with Crippen molar-refractivity contribution in [1.82, 2.24) is 15.1 Å². The minimum absolute atomic E-state index is 0.279. The molecule has 102 valence electrons. The van der Waals surface area contributed by atoms with E-state index in [1.165, 1.54) is 0 Å². The Balaban J connectivity index is 2.12. The lowest BCUT2D eigenvalue weighted by molar-refractivity contribution is 0.384. The molecule has 0 aromatic carbocycles. The Morgan fingerprint density at radius 2 is 1.95 bits per heavy atom. The Morgan fingerprint density at radius 1 is 1.21 bits per heavy atom. The van der Waals surface area contributed by atoms with Crippen LogP contribution in [0.1, 0.15) is 37.0 Å². The highest BCUT2D eigenvalue weighted by Gasteiger charge is 2.08. The lowest BCUT2D eigenvalue weighted by Crippen LogP contribution is -2.07. The molecular weight excluding hydrogens is 242 g/mol. The highest BCUT2D eigenvalue weighted by atomic mass is 16.5. The monoisotopic (exact) mass is 261 g/mol. The van der Waals surface area contributed by atoms with Gasteiger partial charge in [0.15, 0.2) is 5.76 Å². The summed E-state index contributed by atoms with van der Waals surface area (Å²) in [4.78, 5) is 8.89. The first-order chi connectivity index (χ1) is 9.08. The van der Waals surface area contributed by atoms with Crippen LogP contribution in [-0.2, 0) is 6.54 Å². The number of hydrogen-bond acceptors (Lipinski definition) is 6. The number of hydrogen-bond donors (Lipinski definition) is 2. The van der Waals surface area contributed by atoms with E-state index in [9.17, 15) is 0 Å². The predicted octanol–water partition coefficient (Wildman–Crippen LogP) is 2.55. The van der Waals surface area contributed by atoms with Gasteiger partial charge in [0.1, 0.15) is 17.5 Å². The molecule has 0 aliphatic rings. The van der Waals surface area contributed by atoms with Crippen LogP contribution >= 0.6 is 0 Å². The van der Waals surface area contributed by atoms with Crippen LogP contribution in [-0.4, -0.2) is 22.2 Å². The molecule has 19 heavy (non-hydrogen) atoms. The van der Waals surface area contributed by atoms with Crippen LogP contribution in [0.5, 0.6) is 0 Å². The van der Waals surface area contributed by atoms with Gasteiger partial charge in [-0.05, 0) is 6.92 Å². The fourth-order valence-corrected chi connectivity index (χ4v) is 1.62. The van der Waals surface area contributed by atoms with Crippen molar-refractivity contribution in [2.45, 2.75) is 33.2 Å². The second-order valence-electron chi connectivity index (χ2n) is 4.69. The first-order valence-corrected chi connectivity index (χ1v) is 6.31. The zero-order chi connectivity index (χ0) is 13.8. The van der Waals surface area contributed by atoms with Crippen molar-refractivity contribution < 1.29 is 4.52 Å². The minimum Gasteiger partial charge on any atom is -0.373 e. The van der Waals surface area contributed by atoms with Gasteiger partial charge in [-0.25, -0.2) is 9.97 Å². The molecule has 6 heteroatoms. The SMILES string of the molecule is CNc1cc(NCc2cc(C)no2)nc(C(C)C)n1. The van der Waals surface area contributed by atoms with E-state index in [1.54, 1.807) is 0 Å². The molecule has 2 aromatic rings. The van der Waals surface area contributed by atoms with Crippen molar-refractivity contribution >= 4 is 11.6 Å². The molecule has 0 amide bonds. The Kier molecular flexibility index (Phi) is 3.99. The Labute approximate surface area is 112 Å². The van der Waals surface area contributed by atoms with Crippen molar-refractivity contribution in [3.05, 3.63) is 29.4 Å². The molecule has 0 bridgehead atoms. The largest absolute Gasteiger partial charge is 0.373 e. The second-order valence-corrected chi connectivity index (χ2v) is 4.69. The van der Waals surface area contributed by atoms with Crippen LogP contribution in [0.25, 0.3) is 0 Å². The zero-order valence-corrected chi connectivity index (χ0v) is 11.7. The maximum Gasteiger partial charge on any atom is 0.156 e. The predicted molar refractivity (Wildman–Crippen MR) is 74.2 cm³/mol. The Hall–Kier alpha value is -2.11. The van der Waals surface area contributed by atoms with Crippen LogP contribution in [0, 0.1) is 6.92 Å². The number of nitrogens with one attached hydrogen (secondary N) is 2. The number of nitrogens with zero attached hydrogens (tertiary/aromatic N) is 3. The van der Waals surface area contributed by atoms with Gasteiger partial charge in [0.25, 0.3) is 0 Å². The first kappa shape index (κ1) is 13.3. The number of rotatable bonds is 5. The van der Waals surface area contributed by atoms with E-state index in [0.29, 0.717) is 6.54 Å². The summed E-state index contributed by atoms with van der Waals surface area (Å²) in [6.45, 7) is 6.59. The van der Waals surface area contributed by atoms with Crippen LogP contribution in [0.2, 0.25) is 0 Å². The molecule has 0 unspecified atom stereocenters. The van der Waals surface area contributed by atoms with Crippen molar-refractivity contribution in [3.63, 3.8) is 0 Å². The summed E-state index contributed by atoms with van der Waals surface area (Å²) in [7, 11) is 1.84. The number of aryl methyl sites for hydroxylation is 1. The van der Waals surface area contributed by atoms with Crippen molar-refractivity contribution in [2.75, 3.05) is 17.7 Å². The van der Waals surface area contributed by atoms with Gasteiger partial charge in [-0.1, -0.05) is 19.0 Å². The molecule has 0 radical (unpaired) electrons. The van der Waals surface area contributed by atoms with Gasteiger partial charge in [-0.3, -0.25) is 0 Å². The van der Waals surface area contributed by atoms with E-state index in [-0.39, 0.29) is 5.92 Å². The highest BCUT2D eigenvalue weighted by Crippen LogP contribution is 2.17. The van der Waals surface area contributed by atoms with Gasteiger partial charge in [0, 0.05) is 25.1 Å². The summed E-state index contributed by atoms with van der Waals surface area (Å²) in [5, 5.41) is 10.1. The van der Waals surface area contributed by atoms with Crippen LogP contribution in [0.3, 0.4) is 0 Å². The normalized spacial score (nSPS) is 10.8. The van der Waals surface area contributed by atoms with E-state index in [4.69, 9.17) is 4.52 Å². The Morgan fingerprint density at radius 3 is 2.53 bits per heavy atom. The fraction of sp³-hybridized carbons (Fsp3) is 0.462. The lowest BCUT2D eigenvalue weighted by atomic mass is 10.2. The maximum absolute atomic E-state index is 5.15. The number of aromatic nitrogens is 3. The molecule has 0 saturated heterocycles. The van der Waals surface area contributed by atoms with Gasteiger partial charge in [-0.2, -0.15) is 0 Å². The molecule has 2 rings (SSSR count). The molecule has 0 aliphatic heterocycles. The molecule has 0 atom stereocenters. The standard InChI is InChI=1S/C13H19N5O/c1-8(2)13-16-11(14-4)6-12(17-13)15-7-10-5-9(3)18-19-10/h5-6,8H,7H2,1-4H3,(H2,14,15,16,17). The summed E-state index contributed by atoms with van der Waals surface area (Å²) < 4.78 is 5.15. The van der Waals surface area contributed by atoms with E-state index in [2.05, 4.69) is 39.6 Å². The summed E-state index contributed by atoms with van der Waals surface area (Å²) >= 11 is 0. The summed E-state index contributed by atoms with van der Waals surface area (Å²) in [6, 6.07) is 3.77. The van der Waals surface area contributed by atoms with Gasteiger partial charge >= 0.3 is 0 Å². The highest BCUT2D eigenvalue weighted by molar-refractivity contribution is 5.47. The average Bonchev–Trinajstić information content (AvgIpc) is 2.81. The molecule has 2 heterocycles.